The Labute approximate surface area is 74.2 Å². The van der Waals surface area contributed by atoms with Gasteiger partial charge in [-0.2, -0.15) is 4.99 Å². The summed E-state index contributed by atoms with van der Waals surface area (Å²) >= 11 is 10.1. The van der Waals surface area contributed by atoms with Crippen molar-refractivity contribution < 1.29 is 0 Å². The summed E-state index contributed by atoms with van der Waals surface area (Å²) in [6.45, 7) is 1.75. The molecule has 1 aromatic rings. The van der Waals surface area contributed by atoms with Crippen molar-refractivity contribution in [1.29, 1.82) is 0 Å². The lowest BCUT2D eigenvalue weighted by molar-refractivity contribution is 1.05. The van der Waals surface area contributed by atoms with Gasteiger partial charge in [-0.15, -0.1) is 0 Å². The van der Waals surface area contributed by atoms with Crippen LogP contribution in [0.15, 0.2) is 11.2 Å². The Morgan fingerprint density at radius 3 is 3.00 bits per heavy atom. The molecule has 0 aliphatic rings. The number of aryl methyl sites for hydroxylation is 1. The Morgan fingerprint density at radius 1 is 1.73 bits per heavy atom. The molecule has 0 bridgehead atoms. The third-order valence-corrected chi connectivity index (χ3v) is 1.38. The lowest BCUT2D eigenvalue weighted by Crippen LogP contribution is -1.85. The van der Waals surface area contributed by atoms with Crippen molar-refractivity contribution in [2.75, 3.05) is 0 Å². The molecule has 1 heterocycles. The van der Waals surface area contributed by atoms with E-state index >= 15 is 0 Å². The van der Waals surface area contributed by atoms with Gasteiger partial charge in [-0.25, -0.2) is 9.97 Å². The van der Waals surface area contributed by atoms with Crippen LogP contribution in [0, 0.1) is 6.92 Å². The lowest BCUT2D eigenvalue weighted by Gasteiger charge is -1.94. The summed E-state index contributed by atoms with van der Waals surface area (Å²) in [4.78, 5) is 11.4. The molecular weight excluding hydrogens is 182 g/mol. The molecule has 56 valence electrons. The van der Waals surface area contributed by atoms with Crippen molar-refractivity contribution in [1.82, 2.24) is 9.97 Å². The molecule has 3 nitrogen and oxygen atoms in total. The topological polar surface area (TPSA) is 38.1 Å². The van der Waals surface area contributed by atoms with Crippen LogP contribution in [0.2, 0.25) is 5.15 Å². The van der Waals surface area contributed by atoms with Crippen LogP contribution in [0.1, 0.15) is 5.82 Å². The van der Waals surface area contributed by atoms with Gasteiger partial charge in [-0.3, -0.25) is 0 Å². The van der Waals surface area contributed by atoms with Crippen molar-refractivity contribution in [3.63, 3.8) is 0 Å². The van der Waals surface area contributed by atoms with Gasteiger partial charge in [0, 0.05) is 0 Å². The molecule has 0 atom stereocenters. The molecular formula is C6H4ClN3S. The number of nitrogens with zero attached hydrogens (tertiary/aromatic N) is 3. The predicted octanol–water partition coefficient (Wildman–Crippen LogP) is 2.17. The van der Waals surface area contributed by atoms with E-state index in [1.54, 1.807) is 6.92 Å². The minimum atomic E-state index is 0.301. The van der Waals surface area contributed by atoms with Gasteiger partial charge in [-0.1, -0.05) is 11.6 Å². The number of thiocarbonyl (C=S) groups is 1. The fourth-order valence-corrected chi connectivity index (χ4v) is 0.872. The summed E-state index contributed by atoms with van der Waals surface area (Å²) in [5, 5.41) is 2.49. The highest BCUT2D eigenvalue weighted by Gasteiger charge is 1.99. The van der Waals surface area contributed by atoms with E-state index in [1.807, 2.05) is 0 Å². The summed E-state index contributed by atoms with van der Waals surface area (Å²) in [5.41, 5.74) is 0.451. The zero-order valence-electron chi connectivity index (χ0n) is 5.71. The molecule has 1 rings (SSSR count). The number of halogens is 1. The molecule has 0 aromatic carbocycles. The molecule has 0 fully saturated rings. The van der Waals surface area contributed by atoms with Gasteiger partial charge in [0.1, 0.15) is 11.5 Å². The van der Waals surface area contributed by atoms with Gasteiger partial charge in [0.25, 0.3) is 0 Å². The normalized spacial score (nSPS) is 8.91. The van der Waals surface area contributed by atoms with Gasteiger partial charge < -0.3 is 0 Å². The average molecular weight is 186 g/mol. The molecule has 0 spiro atoms. The SMILES string of the molecule is Cc1ncc(N=C=S)c(Cl)n1. The maximum atomic E-state index is 5.68. The summed E-state index contributed by atoms with van der Waals surface area (Å²) in [6.07, 6.45) is 1.50. The number of rotatable bonds is 1. The first-order valence-corrected chi connectivity index (χ1v) is 3.59. The molecule has 11 heavy (non-hydrogen) atoms. The van der Waals surface area contributed by atoms with Crippen LogP contribution in [0.3, 0.4) is 0 Å². The zero-order valence-corrected chi connectivity index (χ0v) is 7.28. The molecule has 0 radical (unpaired) electrons. The minimum Gasteiger partial charge on any atom is -0.239 e. The molecule has 5 heteroatoms. The highest BCUT2D eigenvalue weighted by atomic mass is 35.5. The van der Waals surface area contributed by atoms with Crippen molar-refractivity contribution in [2.24, 2.45) is 4.99 Å². The van der Waals surface area contributed by atoms with Crippen molar-refractivity contribution in [2.45, 2.75) is 6.92 Å². The van der Waals surface area contributed by atoms with E-state index in [1.165, 1.54) is 6.20 Å². The van der Waals surface area contributed by atoms with Crippen LogP contribution in [0.25, 0.3) is 0 Å². The Kier molecular flexibility index (Phi) is 2.65. The second-order valence-electron chi connectivity index (χ2n) is 1.80. The second kappa shape index (κ2) is 3.53. The first kappa shape index (κ1) is 8.27. The molecule has 0 N–H and O–H groups in total. The quantitative estimate of drug-likeness (QED) is 0.382. The summed E-state index contributed by atoms with van der Waals surface area (Å²) in [5.74, 6) is 0.610. The molecule has 0 amide bonds. The standard InChI is InChI=1S/C6H4ClN3S/c1-4-8-2-5(9-3-11)6(7)10-4/h2H,1H3. The highest BCUT2D eigenvalue weighted by Crippen LogP contribution is 2.19. The number of aliphatic imine (C=N–C) groups is 1. The summed E-state index contributed by atoms with van der Waals surface area (Å²) < 4.78 is 0. The van der Waals surface area contributed by atoms with Crippen molar-refractivity contribution in [3.8, 4) is 0 Å². The second-order valence-corrected chi connectivity index (χ2v) is 2.34. The van der Waals surface area contributed by atoms with E-state index in [0.29, 0.717) is 16.7 Å². The Bertz CT molecular complexity index is 320. The Morgan fingerprint density at radius 2 is 2.45 bits per heavy atom. The number of aromatic nitrogens is 2. The van der Waals surface area contributed by atoms with Gasteiger partial charge in [0.2, 0.25) is 0 Å². The van der Waals surface area contributed by atoms with Gasteiger partial charge in [-0.05, 0) is 19.1 Å². The fraction of sp³-hybridized carbons (Fsp3) is 0.167. The molecule has 0 unspecified atom stereocenters. The molecule has 0 aliphatic heterocycles. The van der Waals surface area contributed by atoms with Crippen LogP contribution in [0.4, 0.5) is 5.69 Å². The van der Waals surface area contributed by atoms with Crippen LogP contribution >= 0.6 is 23.8 Å². The van der Waals surface area contributed by atoms with Gasteiger partial charge in [0.15, 0.2) is 5.15 Å². The third-order valence-electron chi connectivity index (χ3n) is 1.01. The maximum Gasteiger partial charge on any atom is 0.159 e. The van der Waals surface area contributed by atoms with Crippen LogP contribution in [0.5, 0.6) is 0 Å². The first-order valence-electron chi connectivity index (χ1n) is 2.81. The third kappa shape index (κ3) is 2.05. The number of isothiocyanates is 1. The largest absolute Gasteiger partial charge is 0.239 e. The van der Waals surface area contributed by atoms with Crippen LogP contribution in [-0.4, -0.2) is 15.1 Å². The summed E-state index contributed by atoms with van der Waals surface area (Å²) in [7, 11) is 0. The average Bonchev–Trinajstić information content (AvgIpc) is 1.95. The highest BCUT2D eigenvalue weighted by molar-refractivity contribution is 7.78. The van der Waals surface area contributed by atoms with Gasteiger partial charge in [0.05, 0.1) is 11.4 Å². The molecule has 0 saturated heterocycles. The van der Waals surface area contributed by atoms with Crippen molar-refractivity contribution >= 4 is 34.7 Å². The summed E-state index contributed by atoms with van der Waals surface area (Å²) in [6, 6.07) is 0. The smallest absolute Gasteiger partial charge is 0.159 e. The molecule has 0 aliphatic carbocycles. The minimum absolute atomic E-state index is 0.301. The van der Waals surface area contributed by atoms with E-state index in [4.69, 9.17) is 11.6 Å². The zero-order chi connectivity index (χ0) is 8.27. The Hall–Kier alpha value is -0.830. The molecule has 1 aromatic heterocycles. The van der Waals surface area contributed by atoms with E-state index in [9.17, 15) is 0 Å². The number of hydrogen-bond donors (Lipinski definition) is 0. The van der Waals surface area contributed by atoms with E-state index in [0.717, 1.165) is 0 Å². The Balaban J connectivity index is 3.19. The van der Waals surface area contributed by atoms with Gasteiger partial charge >= 0.3 is 0 Å². The predicted molar refractivity (Wildman–Crippen MR) is 46.5 cm³/mol. The monoisotopic (exact) mass is 185 g/mol. The number of hydrogen-bond acceptors (Lipinski definition) is 4. The maximum absolute atomic E-state index is 5.68. The van der Waals surface area contributed by atoms with E-state index in [2.05, 4.69) is 32.3 Å². The fourth-order valence-electron chi connectivity index (χ4n) is 0.560. The van der Waals surface area contributed by atoms with E-state index < -0.39 is 0 Å². The van der Waals surface area contributed by atoms with Crippen LogP contribution < -0.4 is 0 Å². The van der Waals surface area contributed by atoms with Crippen LogP contribution in [-0.2, 0) is 0 Å². The lowest BCUT2D eigenvalue weighted by atomic mass is 10.5. The molecule has 0 saturated carbocycles. The van der Waals surface area contributed by atoms with Crippen molar-refractivity contribution in [3.05, 3.63) is 17.2 Å². The van der Waals surface area contributed by atoms with E-state index in [-0.39, 0.29) is 0 Å². The first-order chi connectivity index (χ1) is 5.24.